The van der Waals surface area contributed by atoms with Crippen LogP contribution >= 0.6 is 23.4 Å². The van der Waals surface area contributed by atoms with E-state index < -0.39 is 0 Å². The number of pyridine rings is 1. The summed E-state index contributed by atoms with van der Waals surface area (Å²) >= 11 is 7.63. The summed E-state index contributed by atoms with van der Waals surface area (Å²) < 4.78 is 5.56. The molecule has 7 nitrogen and oxygen atoms in total. The van der Waals surface area contributed by atoms with Crippen molar-refractivity contribution in [2.75, 3.05) is 30.8 Å². The number of hydrogen-bond acceptors (Lipinski definition) is 8. The molecule has 2 aromatic rings. The molecule has 1 aliphatic heterocycles. The second-order valence-corrected chi connectivity index (χ2v) is 9.02. The summed E-state index contributed by atoms with van der Waals surface area (Å²) in [6, 6.07) is 2.04. The van der Waals surface area contributed by atoms with Crippen LogP contribution in [0.1, 0.15) is 25.7 Å². The Hall–Kier alpha value is -1.61. The molecule has 0 bridgehead atoms. The Bertz CT molecular complexity index is 828. The lowest BCUT2D eigenvalue weighted by Gasteiger charge is -2.42. The SMILES string of the molecule is CO[C@H]1C[C@@H](N)C2(CCN(c3cnc(Sc4ccnc(N)c4Cl)cn3)CC2)C1. The third-order valence-corrected chi connectivity index (χ3v) is 7.55. The molecule has 9 heteroatoms. The van der Waals surface area contributed by atoms with Gasteiger partial charge in [-0.1, -0.05) is 23.4 Å². The molecule has 4 N–H and O–H groups in total. The number of anilines is 2. The van der Waals surface area contributed by atoms with Crippen LogP contribution in [0.3, 0.4) is 0 Å². The van der Waals surface area contributed by atoms with Crippen molar-refractivity contribution >= 4 is 35.0 Å². The molecule has 1 aliphatic carbocycles. The van der Waals surface area contributed by atoms with E-state index in [2.05, 4.69) is 19.9 Å². The maximum absolute atomic E-state index is 6.46. The lowest BCUT2D eigenvalue weighted by Crippen LogP contribution is -2.47. The van der Waals surface area contributed by atoms with Crippen molar-refractivity contribution in [3.05, 3.63) is 29.7 Å². The summed E-state index contributed by atoms with van der Waals surface area (Å²) in [7, 11) is 1.79. The van der Waals surface area contributed by atoms with E-state index in [0.717, 1.165) is 54.5 Å². The van der Waals surface area contributed by atoms with E-state index in [0.29, 0.717) is 16.9 Å². The van der Waals surface area contributed by atoms with Gasteiger partial charge in [0.1, 0.15) is 16.7 Å². The molecule has 3 heterocycles. The van der Waals surface area contributed by atoms with Gasteiger partial charge in [0.05, 0.1) is 23.5 Å². The fourth-order valence-electron chi connectivity index (χ4n) is 4.32. The van der Waals surface area contributed by atoms with Crippen LogP contribution in [0.2, 0.25) is 5.02 Å². The molecule has 0 amide bonds. The first-order valence-corrected chi connectivity index (χ1v) is 10.6. The van der Waals surface area contributed by atoms with Crippen molar-refractivity contribution in [2.24, 2.45) is 11.1 Å². The third kappa shape index (κ3) is 3.78. The Morgan fingerprint density at radius 2 is 2.04 bits per heavy atom. The van der Waals surface area contributed by atoms with Crippen LogP contribution in [0.15, 0.2) is 34.6 Å². The number of piperidine rings is 1. The van der Waals surface area contributed by atoms with Gasteiger partial charge in [-0.2, -0.15) is 0 Å². The topological polar surface area (TPSA) is 103 Å². The van der Waals surface area contributed by atoms with Gasteiger partial charge in [0, 0.05) is 37.3 Å². The highest BCUT2D eigenvalue weighted by atomic mass is 35.5. The summed E-state index contributed by atoms with van der Waals surface area (Å²) in [4.78, 5) is 16.2. The Balaban J connectivity index is 1.39. The van der Waals surface area contributed by atoms with E-state index in [1.54, 1.807) is 19.5 Å². The van der Waals surface area contributed by atoms with Crippen molar-refractivity contribution in [2.45, 2.75) is 47.8 Å². The van der Waals surface area contributed by atoms with E-state index in [1.807, 2.05) is 12.3 Å². The van der Waals surface area contributed by atoms with E-state index in [1.165, 1.54) is 11.8 Å². The van der Waals surface area contributed by atoms with Gasteiger partial charge in [0.2, 0.25) is 0 Å². The molecule has 2 aromatic heterocycles. The van der Waals surface area contributed by atoms with E-state index in [-0.39, 0.29) is 11.5 Å². The fraction of sp³-hybridized carbons (Fsp3) is 0.526. The van der Waals surface area contributed by atoms with Gasteiger partial charge in [0.25, 0.3) is 0 Å². The summed E-state index contributed by atoms with van der Waals surface area (Å²) in [5.74, 6) is 1.22. The maximum Gasteiger partial charge on any atom is 0.147 e. The zero-order valence-corrected chi connectivity index (χ0v) is 17.4. The quantitative estimate of drug-likeness (QED) is 0.777. The number of aromatic nitrogens is 3. The number of nitrogens with zero attached hydrogens (tertiary/aromatic N) is 4. The summed E-state index contributed by atoms with van der Waals surface area (Å²) in [5, 5.41) is 1.22. The second kappa shape index (κ2) is 8.02. The first-order chi connectivity index (χ1) is 13.5. The molecule has 150 valence electrons. The van der Waals surface area contributed by atoms with Crippen LogP contribution in [0, 0.1) is 5.41 Å². The molecule has 28 heavy (non-hydrogen) atoms. The highest BCUT2D eigenvalue weighted by molar-refractivity contribution is 7.99. The first-order valence-electron chi connectivity index (χ1n) is 9.44. The third-order valence-electron chi connectivity index (χ3n) is 6.06. The minimum Gasteiger partial charge on any atom is -0.382 e. The molecule has 1 saturated heterocycles. The van der Waals surface area contributed by atoms with E-state index in [9.17, 15) is 0 Å². The minimum atomic E-state index is 0.207. The number of methoxy groups -OCH3 is 1. The molecular weight excluding hydrogens is 396 g/mol. The Morgan fingerprint density at radius 1 is 1.25 bits per heavy atom. The average molecular weight is 421 g/mol. The highest BCUT2D eigenvalue weighted by Gasteiger charge is 2.47. The Morgan fingerprint density at radius 3 is 2.68 bits per heavy atom. The van der Waals surface area contributed by atoms with Gasteiger partial charge in [-0.05, 0) is 37.2 Å². The van der Waals surface area contributed by atoms with E-state index in [4.69, 9.17) is 27.8 Å². The molecule has 0 radical (unpaired) electrons. The standard InChI is InChI=1S/C19H25ClN6OS/c1-27-12-8-14(21)19(9-12)3-6-26(7-4-19)15-10-25-16(11-24-15)28-13-2-5-23-18(22)17(13)20/h2,5,10-12,14H,3-4,6-9,21H2,1H3,(H2,22,23)/t12-,14+/m0/s1. The number of hydrogen-bond donors (Lipinski definition) is 2. The normalized spacial score (nSPS) is 24.0. The number of nitrogens with two attached hydrogens (primary N) is 2. The predicted molar refractivity (Wildman–Crippen MR) is 112 cm³/mol. The molecule has 0 aromatic carbocycles. The van der Waals surface area contributed by atoms with Crippen molar-refractivity contribution in [3.63, 3.8) is 0 Å². The largest absolute Gasteiger partial charge is 0.382 e. The Labute approximate surface area is 174 Å². The molecule has 0 unspecified atom stereocenters. The monoisotopic (exact) mass is 420 g/mol. The van der Waals surface area contributed by atoms with Crippen LogP contribution in [0.25, 0.3) is 0 Å². The molecule has 2 aliphatic rings. The zero-order valence-electron chi connectivity index (χ0n) is 15.8. The van der Waals surface area contributed by atoms with Gasteiger partial charge < -0.3 is 21.1 Å². The lowest BCUT2D eigenvalue weighted by molar-refractivity contribution is 0.0891. The van der Waals surface area contributed by atoms with Gasteiger partial charge in [0.15, 0.2) is 0 Å². The van der Waals surface area contributed by atoms with Crippen LogP contribution < -0.4 is 16.4 Å². The lowest BCUT2D eigenvalue weighted by atomic mass is 9.74. The molecule has 2 atom stereocenters. The Kier molecular flexibility index (Phi) is 5.64. The van der Waals surface area contributed by atoms with Crippen molar-refractivity contribution < 1.29 is 4.74 Å². The maximum atomic E-state index is 6.46. The summed E-state index contributed by atoms with van der Waals surface area (Å²) in [6.07, 6.45) is 9.70. The number of ether oxygens (including phenoxy) is 1. The summed E-state index contributed by atoms with van der Waals surface area (Å²) in [5.41, 5.74) is 12.4. The molecular formula is C19H25ClN6OS. The zero-order chi connectivity index (χ0) is 19.7. The van der Waals surface area contributed by atoms with Gasteiger partial charge in [-0.25, -0.2) is 15.0 Å². The first kappa shape index (κ1) is 19.7. The van der Waals surface area contributed by atoms with Gasteiger partial charge >= 0.3 is 0 Å². The van der Waals surface area contributed by atoms with Crippen LogP contribution in [-0.2, 0) is 4.74 Å². The highest BCUT2D eigenvalue weighted by Crippen LogP contribution is 2.46. The number of nitrogen functional groups attached to an aromatic ring is 1. The minimum absolute atomic E-state index is 0.207. The molecule has 4 rings (SSSR count). The predicted octanol–water partition coefficient (Wildman–Crippen LogP) is 2.98. The number of rotatable bonds is 4. The molecule has 1 spiro atoms. The van der Waals surface area contributed by atoms with Crippen LogP contribution in [0.5, 0.6) is 0 Å². The van der Waals surface area contributed by atoms with Crippen LogP contribution in [-0.4, -0.2) is 47.3 Å². The van der Waals surface area contributed by atoms with Gasteiger partial charge in [-0.3, -0.25) is 0 Å². The molecule has 1 saturated carbocycles. The average Bonchev–Trinajstić information content (AvgIpc) is 3.02. The van der Waals surface area contributed by atoms with Crippen LogP contribution in [0.4, 0.5) is 11.6 Å². The van der Waals surface area contributed by atoms with Crippen molar-refractivity contribution in [1.29, 1.82) is 0 Å². The fourth-order valence-corrected chi connectivity index (χ4v) is 5.30. The number of halogens is 1. The smallest absolute Gasteiger partial charge is 0.147 e. The van der Waals surface area contributed by atoms with Gasteiger partial charge in [-0.15, -0.1) is 0 Å². The van der Waals surface area contributed by atoms with Crippen molar-refractivity contribution in [1.82, 2.24) is 15.0 Å². The summed E-state index contributed by atoms with van der Waals surface area (Å²) in [6.45, 7) is 1.88. The van der Waals surface area contributed by atoms with E-state index >= 15 is 0 Å². The van der Waals surface area contributed by atoms with Crippen molar-refractivity contribution in [3.8, 4) is 0 Å². The molecule has 2 fully saturated rings. The second-order valence-electron chi connectivity index (χ2n) is 7.58.